The van der Waals surface area contributed by atoms with Gasteiger partial charge in [-0.3, -0.25) is 4.79 Å². The number of carbonyl (C=O) groups is 1. The number of rotatable bonds is 1. The van der Waals surface area contributed by atoms with E-state index in [-0.39, 0.29) is 11.3 Å². The molecule has 18 heavy (non-hydrogen) atoms. The molecule has 0 N–H and O–H groups in total. The van der Waals surface area contributed by atoms with Crippen LogP contribution in [0.3, 0.4) is 0 Å². The van der Waals surface area contributed by atoms with E-state index in [0.29, 0.717) is 5.75 Å². The molecule has 0 aromatic heterocycles. The summed E-state index contributed by atoms with van der Waals surface area (Å²) in [6, 6.07) is 8.07. The van der Waals surface area contributed by atoms with Gasteiger partial charge in [-0.25, -0.2) is 0 Å². The fourth-order valence-corrected chi connectivity index (χ4v) is 2.41. The zero-order chi connectivity index (χ0) is 12.9. The fourth-order valence-electron chi connectivity index (χ4n) is 2.41. The molecule has 1 aliphatic heterocycles. The van der Waals surface area contributed by atoms with Crippen LogP contribution in [0.25, 0.3) is 0 Å². The number of benzene rings is 1. The Kier molecular flexibility index (Phi) is 2.15. The van der Waals surface area contributed by atoms with Crippen LogP contribution in [0.5, 0.6) is 5.75 Å². The predicted octanol–water partition coefficient (Wildman–Crippen LogP) is 1.99. The van der Waals surface area contributed by atoms with Crippen LogP contribution in [0, 0.1) is 11.3 Å². The summed E-state index contributed by atoms with van der Waals surface area (Å²) in [5.74, 6) is 0.653. The highest BCUT2D eigenvalue weighted by molar-refractivity contribution is 5.99. The van der Waals surface area contributed by atoms with Crippen LogP contribution < -0.4 is 9.64 Å². The smallest absolute Gasteiger partial charge is 0.267 e. The second-order valence-electron chi connectivity index (χ2n) is 5.03. The summed E-state index contributed by atoms with van der Waals surface area (Å²) in [5.41, 5.74) is 1.45. The second kappa shape index (κ2) is 3.49. The number of ether oxygens (including phenoxy) is 1. The molecular weight excluding hydrogens is 228 g/mol. The number of hydrogen-bond donors (Lipinski definition) is 0. The highest BCUT2D eigenvalue weighted by atomic mass is 16.5. The van der Waals surface area contributed by atoms with Gasteiger partial charge in [0.1, 0.15) is 5.75 Å². The Bertz CT molecular complexity index is 570. The van der Waals surface area contributed by atoms with Crippen LogP contribution >= 0.6 is 0 Å². The molecule has 4 nitrogen and oxygen atoms in total. The second-order valence-corrected chi connectivity index (χ2v) is 5.03. The van der Waals surface area contributed by atoms with Gasteiger partial charge < -0.3 is 9.64 Å². The molecule has 0 bridgehead atoms. The number of amides is 1. The lowest BCUT2D eigenvalue weighted by Crippen LogP contribution is -2.42. The predicted molar refractivity (Wildman–Crippen MR) is 66.5 cm³/mol. The molecule has 1 saturated carbocycles. The van der Waals surface area contributed by atoms with Crippen LogP contribution in [0.2, 0.25) is 0 Å². The molecule has 1 aromatic carbocycles. The van der Waals surface area contributed by atoms with Crippen LogP contribution in [0.1, 0.15) is 25.3 Å². The Morgan fingerprint density at radius 3 is 2.83 bits per heavy atom. The average molecular weight is 242 g/mol. The highest BCUT2D eigenvalue weighted by Gasteiger charge is 2.45. The Morgan fingerprint density at radius 2 is 2.22 bits per heavy atom. The van der Waals surface area contributed by atoms with E-state index in [4.69, 9.17) is 4.74 Å². The van der Waals surface area contributed by atoms with Crippen molar-refractivity contribution >= 4 is 11.6 Å². The first-order valence-corrected chi connectivity index (χ1v) is 6.07. The minimum Gasteiger partial charge on any atom is -0.479 e. The Hall–Kier alpha value is -2.02. The van der Waals surface area contributed by atoms with Crippen molar-refractivity contribution in [2.24, 2.45) is 0 Å². The van der Waals surface area contributed by atoms with E-state index in [1.807, 2.05) is 18.2 Å². The number of anilines is 1. The Morgan fingerprint density at radius 1 is 1.50 bits per heavy atom. The van der Waals surface area contributed by atoms with E-state index in [1.54, 1.807) is 18.9 Å². The molecule has 92 valence electrons. The highest BCUT2D eigenvalue weighted by Crippen LogP contribution is 2.49. The van der Waals surface area contributed by atoms with Crippen molar-refractivity contribution in [1.82, 2.24) is 0 Å². The monoisotopic (exact) mass is 242 g/mol. The molecule has 0 saturated heterocycles. The molecule has 1 aliphatic carbocycles. The van der Waals surface area contributed by atoms with Gasteiger partial charge in [-0.2, -0.15) is 5.26 Å². The molecule has 1 fully saturated rings. The molecule has 1 unspecified atom stereocenters. The van der Waals surface area contributed by atoms with Gasteiger partial charge in [0.25, 0.3) is 5.91 Å². The van der Waals surface area contributed by atoms with Crippen molar-refractivity contribution in [2.75, 3.05) is 11.9 Å². The van der Waals surface area contributed by atoms with Crippen LogP contribution in [-0.4, -0.2) is 19.1 Å². The van der Waals surface area contributed by atoms with E-state index in [0.717, 1.165) is 24.1 Å². The maximum absolute atomic E-state index is 11.8. The van der Waals surface area contributed by atoms with Gasteiger partial charge in [0, 0.05) is 7.05 Å². The lowest BCUT2D eigenvalue weighted by molar-refractivity contribution is -0.125. The van der Waals surface area contributed by atoms with Crippen molar-refractivity contribution < 1.29 is 9.53 Å². The normalized spacial score (nSPS) is 23.9. The van der Waals surface area contributed by atoms with E-state index in [1.165, 1.54) is 0 Å². The molecule has 0 spiro atoms. The van der Waals surface area contributed by atoms with E-state index in [9.17, 15) is 10.1 Å². The maximum Gasteiger partial charge on any atom is 0.267 e. The number of carbonyl (C=O) groups excluding carboxylic acids is 1. The summed E-state index contributed by atoms with van der Waals surface area (Å²) in [7, 11) is 1.75. The number of nitrogens with zero attached hydrogens (tertiary/aromatic N) is 2. The molecule has 1 heterocycles. The molecule has 3 rings (SSSR count). The van der Waals surface area contributed by atoms with Gasteiger partial charge in [0.15, 0.2) is 6.10 Å². The topological polar surface area (TPSA) is 53.3 Å². The molecule has 1 atom stereocenters. The van der Waals surface area contributed by atoms with E-state index >= 15 is 0 Å². The lowest BCUT2D eigenvalue weighted by atomic mass is 9.96. The minimum absolute atomic E-state index is 0.0448. The van der Waals surface area contributed by atoms with Crippen molar-refractivity contribution in [3.63, 3.8) is 0 Å². The van der Waals surface area contributed by atoms with Gasteiger partial charge in [0.05, 0.1) is 17.2 Å². The number of nitriles is 1. The molecule has 1 amide bonds. The summed E-state index contributed by atoms with van der Waals surface area (Å²) in [5, 5.41) is 9.20. The summed E-state index contributed by atoms with van der Waals surface area (Å²) >= 11 is 0. The number of likely N-dealkylation sites (N-methyl/N-ethyl adjacent to an activating group) is 1. The van der Waals surface area contributed by atoms with E-state index < -0.39 is 6.10 Å². The maximum atomic E-state index is 11.8. The van der Waals surface area contributed by atoms with Crippen molar-refractivity contribution in [1.29, 1.82) is 5.26 Å². The van der Waals surface area contributed by atoms with Gasteiger partial charge in [0.2, 0.25) is 0 Å². The third-order valence-corrected chi connectivity index (χ3v) is 3.82. The molecule has 2 aliphatic rings. The van der Waals surface area contributed by atoms with Gasteiger partial charge in [-0.15, -0.1) is 0 Å². The van der Waals surface area contributed by atoms with Crippen molar-refractivity contribution in [3.8, 4) is 11.8 Å². The first-order chi connectivity index (χ1) is 8.57. The van der Waals surface area contributed by atoms with Gasteiger partial charge >= 0.3 is 0 Å². The number of fused-ring (bicyclic) bond motifs is 1. The molecule has 0 radical (unpaired) electrons. The first-order valence-electron chi connectivity index (χ1n) is 6.07. The Labute approximate surface area is 106 Å². The fraction of sp³-hybridized carbons (Fsp3) is 0.429. The molecule has 1 aromatic rings. The van der Waals surface area contributed by atoms with Crippen LogP contribution in [0.4, 0.5) is 5.69 Å². The standard InChI is InChI=1S/C14H14N2O2/c1-9-13(17)16(2)11-4-3-10(7-12(11)18-9)14(8-15)5-6-14/h3-4,7,9H,5-6H2,1-2H3. The number of hydrogen-bond acceptors (Lipinski definition) is 3. The average Bonchev–Trinajstić information content (AvgIpc) is 3.16. The van der Waals surface area contributed by atoms with E-state index in [2.05, 4.69) is 6.07 Å². The van der Waals surface area contributed by atoms with Gasteiger partial charge in [-0.05, 0) is 37.5 Å². The SMILES string of the molecule is CC1Oc2cc(C3(C#N)CC3)ccc2N(C)C1=O. The van der Waals surface area contributed by atoms with Crippen LogP contribution in [0.15, 0.2) is 18.2 Å². The minimum atomic E-state index is -0.463. The summed E-state index contributed by atoms with van der Waals surface area (Å²) in [6.45, 7) is 1.74. The lowest BCUT2D eigenvalue weighted by Gasteiger charge is -2.30. The first kappa shape index (κ1) is 11.1. The summed E-state index contributed by atoms with van der Waals surface area (Å²) in [6.07, 6.45) is 1.36. The quantitative estimate of drug-likeness (QED) is 0.756. The largest absolute Gasteiger partial charge is 0.479 e. The zero-order valence-electron chi connectivity index (χ0n) is 10.4. The summed E-state index contributed by atoms with van der Waals surface area (Å²) < 4.78 is 5.62. The molecular formula is C14H14N2O2. The third-order valence-electron chi connectivity index (χ3n) is 3.82. The Balaban J connectivity index is 2.05. The van der Waals surface area contributed by atoms with Crippen LogP contribution in [-0.2, 0) is 10.2 Å². The zero-order valence-corrected chi connectivity index (χ0v) is 10.4. The third kappa shape index (κ3) is 1.40. The van der Waals surface area contributed by atoms with Crippen molar-refractivity contribution in [3.05, 3.63) is 23.8 Å². The summed E-state index contributed by atoms with van der Waals surface area (Å²) in [4.78, 5) is 13.4. The van der Waals surface area contributed by atoms with Gasteiger partial charge in [-0.1, -0.05) is 6.07 Å². The van der Waals surface area contributed by atoms with Crippen molar-refractivity contribution in [2.45, 2.75) is 31.3 Å². The molecule has 4 heteroatoms.